The zero-order chi connectivity index (χ0) is 19.6. The predicted molar refractivity (Wildman–Crippen MR) is 103 cm³/mol. The van der Waals surface area contributed by atoms with Crippen molar-refractivity contribution >= 4 is 51.8 Å². The van der Waals surface area contributed by atoms with E-state index in [9.17, 15) is 9.59 Å². The van der Waals surface area contributed by atoms with Crippen LogP contribution < -0.4 is 5.32 Å². The van der Waals surface area contributed by atoms with Gasteiger partial charge in [0.1, 0.15) is 5.52 Å². The van der Waals surface area contributed by atoms with Gasteiger partial charge in [-0.3, -0.25) is 4.79 Å². The minimum absolute atomic E-state index is 0.287. The molecule has 0 spiro atoms. The van der Waals surface area contributed by atoms with Crippen LogP contribution in [0.25, 0.3) is 11.0 Å². The molecule has 2 aromatic carbocycles. The molecule has 140 valence electrons. The second-order valence-electron chi connectivity index (χ2n) is 5.77. The Morgan fingerprint density at radius 2 is 2.00 bits per heavy atom. The predicted octanol–water partition coefficient (Wildman–Crippen LogP) is 3.94. The van der Waals surface area contributed by atoms with Crippen LogP contribution >= 0.6 is 23.2 Å². The molecular formula is C18H16Cl2N4O3. The maximum atomic E-state index is 12.3. The molecule has 27 heavy (non-hydrogen) atoms. The van der Waals surface area contributed by atoms with Crippen molar-refractivity contribution in [3.05, 3.63) is 52.0 Å². The summed E-state index contributed by atoms with van der Waals surface area (Å²) in [6.45, 7) is 4.09. The minimum Gasteiger partial charge on any atom is -0.449 e. The highest BCUT2D eigenvalue weighted by atomic mass is 35.5. The molecule has 0 saturated heterocycles. The highest BCUT2D eigenvalue weighted by Gasteiger charge is 2.20. The zero-order valence-corrected chi connectivity index (χ0v) is 16.1. The van der Waals surface area contributed by atoms with Gasteiger partial charge in [0, 0.05) is 11.6 Å². The van der Waals surface area contributed by atoms with Crippen molar-refractivity contribution in [1.82, 2.24) is 15.0 Å². The third-order valence-electron chi connectivity index (χ3n) is 3.89. The second kappa shape index (κ2) is 7.94. The monoisotopic (exact) mass is 406 g/mol. The minimum atomic E-state index is -1.02. The van der Waals surface area contributed by atoms with Gasteiger partial charge in [0.05, 0.1) is 21.8 Å². The van der Waals surface area contributed by atoms with Crippen molar-refractivity contribution in [2.75, 3.05) is 5.32 Å². The number of nitrogens with zero attached hydrogens (tertiary/aromatic N) is 3. The number of amides is 1. The molecule has 1 aromatic heterocycles. The molecule has 1 atom stereocenters. The number of ether oxygens (including phenoxy) is 1. The van der Waals surface area contributed by atoms with Crippen LogP contribution in [0.15, 0.2) is 36.4 Å². The number of benzene rings is 2. The van der Waals surface area contributed by atoms with Gasteiger partial charge in [-0.15, -0.1) is 5.10 Å². The number of nitrogens with one attached hydrogen (secondary N) is 1. The lowest BCUT2D eigenvalue weighted by Gasteiger charge is -2.14. The first-order valence-electron chi connectivity index (χ1n) is 8.19. The Bertz CT molecular complexity index is 1020. The average molecular weight is 407 g/mol. The average Bonchev–Trinajstić information content (AvgIpc) is 3.06. The van der Waals surface area contributed by atoms with E-state index < -0.39 is 18.0 Å². The first-order valence-corrected chi connectivity index (χ1v) is 8.94. The zero-order valence-electron chi connectivity index (χ0n) is 14.6. The van der Waals surface area contributed by atoms with Gasteiger partial charge in [-0.05, 0) is 50.2 Å². The topological polar surface area (TPSA) is 86.1 Å². The van der Waals surface area contributed by atoms with Crippen LogP contribution in [0.5, 0.6) is 0 Å². The Balaban J connectivity index is 1.68. The van der Waals surface area contributed by atoms with Gasteiger partial charge >= 0.3 is 5.97 Å². The number of hydrogen-bond donors (Lipinski definition) is 1. The maximum Gasteiger partial charge on any atom is 0.338 e. The summed E-state index contributed by atoms with van der Waals surface area (Å²) in [6.07, 6.45) is -1.02. The van der Waals surface area contributed by atoms with Gasteiger partial charge in [-0.25, -0.2) is 9.48 Å². The van der Waals surface area contributed by atoms with Crippen LogP contribution in [0, 0.1) is 0 Å². The summed E-state index contributed by atoms with van der Waals surface area (Å²) in [4.78, 5) is 24.6. The van der Waals surface area contributed by atoms with E-state index in [1.807, 2.05) is 6.92 Å². The number of rotatable bonds is 5. The van der Waals surface area contributed by atoms with Gasteiger partial charge < -0.3 is 10.1 Å². The summed E-state index contributed by atoms with van der Waals surface area (Å²) < 4.78 is 6.96. The number of aryl methyl sites for hydroxylation is 1. The highest BCUT2D eigenvalue weighted by Crippen LogP contribution is 2.25. The van der Waals surface area contributed by atoms with Crippen molar-refractivity contribution < 1.29 is 14.3 Å². The van der Waals surface area contributed by atoms with Gasteiger partial charge in [0.25, 0.3) is 5.91 Å². The Hall–Kier alpha value is -2.64. The van der Waals surface area contributed by atoms with E-state index in [0.717, 1.165) is 5.52 Å². The summed E-state index contributed by atoms with van der Waals surface area (Å²) in [7, 11) is 0. The molecule has 0 aliphatic heterocycles. The summed E-state index contributed by atoms with van der Waals surface area (Å²) in [5, 5.41) is 11.4. The van der Waals surface area contributed by atoms with Gasteiger partial charge in [0.15, 0.2) is 6.10 Å². The van der Waals surface area contributed by atoms with Crippen molar-refractivity contribution in [1.29, 1.82) is 0 Å². The van der Waals surface area contributed by atoms with Crippen molar-refractivity contribution in [2.45, 2.75) is 26.5 Å². The van der Waals surface area contributed by atoms with E-state index in [1.54, 1.807) is 35.0 Å². The van der Waals surface area contributed by atoms with Crippen LogP contribution in [-0.2, 0) is 16.1 Å². The second-order valence-corrected chi connectivity index (χ2v) is 6.61. The lowest BCUT2D eigenvalue weighted by atomic mass is 10.2. The number of anilines is 1. The number of esters is 1. The molecule has 0 aliphatic carbocycles. The summed E-state index contributed by atoms with van der Waals surface area (Å²) in [5.74, 6) is -1.14. The normalized spacial score (nSPS) is 12.0. The summed E-state index contributed by atoms with van der Waals surface area (Å²) >= 11 is 11.9. The smallest absolute Gasteiger partial charge is 0.338 e. The fourth-order valence-corrected chi connectivity index (χ4v) is 2.90. The van der Waals surface area contributed by atoms with E-state index in [2.05, 4.69) is 15.6 Å². The molecule has 0 bridgehead atoms. The Kier molecular flexibility index (Phi) is 5.62. The van der Waals surface area contributed by atoms with Gasteiger partial charge in [0.2, 0.25) is 0 Å². The molecule has 0 fully saturated rings. The maximum absolute atomic E-state index is 12.3. The molecule has 1 heterocycles. The first-order chi connectivity index (χ1) is 12.9. The van der Waals surface area contributed by atoms with Crippen LogP contribution in [0.1, 0.15) is 24.2 Å². The van der Waals surface area contributed by atoms with Crippen LogP contribution in [-0.4, -0.2) is 33.0 Å². The molecule has 9 heteroatoms. The molecule has 0 saturated carbocycles. The standard InChI is InChI=1S/C18H16Cl2N4O3/c1-3-24-16-7-4-11(8-15(16)22-23-24)18(26)27-10(2)17(25)21-14-6-5-12(19)9-13(14)20/h4-10H,3H2,1-2H3,(H,21,25)/t10-/m0/s1. The largest absolute Gasteiger partial charge is 0.449 e. The van der Waals surface area contributed by atoms with Crippen molar-refractivity contribution in [3.8, 4) is 0 Å². The molecule has 3 aromatic rings. The van der Waals surface area contributed by atoms with E-state index in [4.69, 9.17) is 27.9 Å². The number of aromatic nitrogens is 3. The third-order valence-corrected chi connectivity index (χ3v) is 4.44. The van der Waals surface area contributed by atoms with Crippen molar-refractivity contribution in [2.24, 2.45) is 0 Å². The number of fused-ring (bicyclic) bond motifs is 1. The lowest BCUT2D eigenvalue weighted by molar-refractivity contribution is -0.123. The number of hydrogen-bond acceptors (Lipinski definition) is 5. The number of halogens is 2. The van der Waals surface area contributed by atoms with E-state index >= 15 is 0 Å². The fraction of sp³-hybridized carbons (Fsp3) is 0.222. The van der Waals surface area contributed by atoms with E-state index in [0.29, 0.717) is 27.8 Å². The Morgan fingerprint density at radius 1 is 1.22 bits per heavy atom. The summed E-state index contributed by atoms with van der Waals surface area (Å²) in [6, 6.07) is 9.61. The van der Waals surface area contributed by atoms with E-state index in [1.165, 1.54) is 13.0 Å². The molecule has 0 radical (unpaired) electrons. The van der Waals surface area contributed by atoms with Crippen LogP contribution in [0.4, 0.5) is 5.69 Å². The quantitative estimate of drug-likeness (QED) is 0.648. The number of carbonyl (C=O) groups excluding carboxylic acids is 2. The highest BCUT2D eigenvalue weighted by molar-refractivity contribution is 6.36. The molecule has 0 unspecified atom stereocenters. The Morgan fingerprint density at radius 3 is 2.70 bits per heavy atom. The molecule has 1 amide bonds. The molecule has 3 rings (SSSR count). The van der Waals surface area contributed by atoms with Crippen molar-refractivity contribution in [3.63, 3.8) is 0 Å². The SMILES string of the molecule is CCn1nnc2cc(C(=O)O[C@@H](C)C(=O)Nc3ccc(Cl)cc3Cl)ccc21. The Labute approximate surface area is 165 Å². The summed E-state index contributed by atoms with van der Waals surface area (Å²) in [5.41, 5.74) is 2.06. The third kappa shape index (κ3) is 4.20. The van der Waals surface area contributed by atoms with Gasteiger partial charge in [-0.2, -0.15) is 0 Å². The first kappa shape index (κ1) is 19.1. The molecule has 1 N–H and O–H groups in total. The molecule has 7 nitrogen and oxygen atoms in total. The van der Waals surface area contributed by atoms with E-state index in [-0.39, 0.29) is 5.56 Å². The fourth-order valence-electron chi connectivity index (χ4n) is 2.44. The lowest BCUT2D eigenvalue weighted by Crippen LogP contribution is -2.30. The van der Waals surface area contributed by atoms with Crippen LogP contribution in [0.3, 0.4) is 0 Å². The molecular weight excluding hydrogens is 391 g/mol. The molecule has 0 aliphatic rings. The number of carbonyl (C=O) groups is 2. The van der Waals surface area contributed by atoms with Gasteiger partial charge in [-0.1, -0.05) is 28.4 Å². The van der Waals surface area contributed by atoms with Crippen LogP contribution in [0.2, 0.25) is 10.0 Å².